The van der Waals surface area contributed by atoms with Gasteiger partial charge in [-0.25, -0.2) is 8.78 Å². The number of amides is 2. The largest absolute Gasteiger partial charge is 0.383 e. The van der Waals surface area contributed by atoms with Gasteiger partial charge in [0.15, 0.2) is 11.6 Å². The number of ether oxygens (including phenoxy) is 1. The molecule has 0 unspecified atom stereocenters. The minimum atomic E-state index is -1.09. The third kappa shape index (κ3) is 4.30. The number of benzene rings is 3. The number of hydrogen-bond acceptors (Lipinski definition) is 4. The molecule has 0 saturated carbocycles. The molecule has 158 valence electrons. The van der Waals surface area contributed by atoms with Crippen LogP contribution in [0.25, 0.3) is 0 Å². The minimum absolute atomic E-state index is 0.00346. The summed E-state index contributed by atoms with van der Waals surface area (Å²) in [6.07, 6.45) is 0. The fourth-order valence-electron chi connectivity index (χ4n) is 3.25. The first-order valence-electron chi connectivity index (χ1n) is 9.46. The van der Waals surface area contributed by atoms with Crippen LogP contribution in [0.15, 0.2) is 70.5 Å². The highest BCUT2D eigenvalue weighted by molar-refractivity contribution is 7.99. The number of hydrogen-bond donors (Lipinski definition) is 1. The molecular formula is C23H18F2N2O3S. The number of methoxy groups -OCH3 is 1. The van der Waals surface area contributed by atoms with Crippen LogP contribution < -0.4 is 10.2 Å². The first-order valence-corrected chi connectivity index (χ1v) is 10.3. The molecule has 1 N–H and O–H groups in total. The lowest BCUT2D eigenvalue weighted by Gasteiger charge is -2.23. The van der Waals surface area contributed by atoms with E-state index >= 15 is 0 Å². The molecule has 0 radical (unpaired) electrons. The predicted octanol–water partition coefficient (Wildman–Crippen LogP) is 4.97. The van der Waals surface area contributed by atoms with Crippen LogP contribution in [0, 0.1) is 11.6 Å². The van der Waals surface area contributed by atoms with Gasteiger partial charge < -0.3 is 15.0 Å². The number of carbonyl (C=O) groups excluding carboxylic acids is 2. The van der Waals surface area contributed by atoms with Crippen molar-refractivity contribution in [3.63, 3.8) is 0 Å². The monoisotopic (exact) mass is 440 g/mol. The third-order valence-electron chi connectivity index (χ3n) is 4.79. The maximum absolute atomic E-state index is 13.5. The van der Waals surface area contributed by atoms with E-state index in [0.717, 1.165) is 21.9 Å². The van der Waals surface area contributed by atoms with Gasteiger partial charge in [0.05, 0.1) is 17.9 Å². The summed E-state index contributed by atoms with van der Waals surface area (Å²) in [6, 6.07) is 15.5. The third-order valence-corrected chi connectivity index (χ3v) is 5.91. The van der Waals surface area contributed by atoms with E-state index in [0.29, 0.717) is 30.1 Å². The fourth-order valence-corrected chi connectivity index (χ4v) is 4.36. The van der Waals surface area contributed by atoms with E-state index in [9.17, 15) is 18.4 Å². The molecule has 1 heterocycles. The van der Waals surface area contributed by atoms with Gasteiger partial charge >= 0.3 is 0 Å². The topological polar surface area (TPSA) is 58.6 Å². The maximum Gasteiger partial charge on any atom is 0.259 e. The smallest absolute Gasteiger partial charge is 0.259 e. The van der Waals surface area contributed by atoms with Crippen LogP contribution in [0.5, 0.6) is 0 Å². The van der Waals surface area contributed by atoms with Crippen molar-refractivity contribution < 1.29 is 23.1 Å². The number of nitrogens with one attached hydrogen (secondary N) is 1. The Bertz CT molecular complexity index is 1170. The van der Waals surface area contributed by atoms with Gasteiger partial charge in [-0.2, -0.15) is 0 Å². The van der Waals surface area contributed by atoms with E-state index in [-0.39, 0.29) is 11.5 Å². The highest BCUT2D eigenvalue weighted by atomic mass is 32.2. The SMILES string of the molecule is COCCN1C(=O)c2ccccc2Sc2cc(NC(=O)c3ccc(F)c(F)c3)ccc21. The normalized spacial score (nSPS) is 12.7. The van der Waals surface area contributed by atoms with Crippen LogP contribution in [-0.4, -0.2) is 32.1 Å². The van der Waals surface area contributed by atoms with E-state index in [4.69, 9.17) is 4.74 Å². The molecule has 3 aromatic carbocycles. The van der Waals surface area contributed by atoms with Crippen LogP contribution in [0.1, 0.15) is 20.7 Å². The minimum Gasteiger partial charge on any atom is -0.383 e. The summed E-state index contributed by atoms with van der Waals surface area (Å²) < 4.78 is 31.8. The number of anilines is 2. The molecule has 0 saturated heterocycles. The molecule has 0 aromatic heterocycles. The van der Waals surface area contributed by atoms with Gasteiger partial charge in [0, 0.05) is 34.7 Å². The van der Waals surface area contributed by atoms with E-state index in [1.165, 1.54) is 17.8 Å². The molecular weight excluding hydrogens is 422 g/mol. The van der Waals surface area contributed by atoms with Crippen molar-refractivity contribution in [1.82, 2.24) is 0 Å². The number of halogens is 2. The molecule has 1 aliphatic rings. The number of rotatable bonds is 5. The van der Waals surface area contributed by atoms with E-state index < -0.39 is 17.5 Å². The Balaban J connectivity index is 1.68. The summed E-state index contributed by atoms with van der Waals surface area (Å²) in [6.45, 7) is 0.740. The Morgan fingerprint density at radius 1 is 1.03 bits per heavy atom. The number of fused-ring (bicyclic) bond motifs is 2. The Morgan fingerprint density at radius 2 is 1.84 bits per heavy atom. The summed E-state index contributed by atoms with van der Waals surface area (Å²) in [5.41, 5.74) is 1.77. The lowest BCUT2D eigenvalue weighted by Crippen LogP contribution is -2.33. The molecule has 4 rings (SSSR count). The number of nitrogens with zero attached hydrogens (tertiary/aromatic N) is 1. The standard InChI is InChI=1S/C23H18F2N2O3S/c1-30-11-10-27-19-9-7-15(26-22(28)14-6-8-17(24)18(25)12-14)13-21(19)31-20-5-3-2-4-16(20)23(27)29/h2-9,12-13H,10-11H2,1H3,(H,26,28). The molecule has 5 nitrogen and oxygen atoms in total. The predicted molar refractivity (Wildman–Crippen MR) is 115 cm³/mol. The summed E-state index contributed by atoms with van der Waals surface area (Å²) in [4.78, 5) is 28.8. The second-order valence-electron chi connectivity index (χ2n) is 6.81. The molecule has 0 aliphatic carbocycles. The number of carbonyl (C=O) groups is 2. The molecule has 0 atom stereocenters. The maximum atomic E-state index is 13.5. The molecule has 0 bridgehead atoms. The molecule has 1 aliphatic heterocycles. The molecule has 31 heavy (non-hydrogen) atoms. The van der Waals surface area contributed by atoms with Gasteiger partial charge in [0.2, 0.25) is 0 Å². The van der Waals surface area contributed by atoms with Gasteiger partial charge in [-0.05, 0) is 48.5 Å². The van der Waals surface area contributed by atoms with Crippen LogP contribution >= 0.6 is 11.8 Å². The molecule has 0 spiro atoms. The van der Waals surface area contributed by atoms with Gasteiger partial charge in [-0.3, -0.25) is 9.59 Å². The molecule has 8 heteroatoms. The first kappa shape index (κ1) is 21.0. The molecule has 0 fully saturated rings. The summed E-state index contributed by atoms with van der Waals surface area (Å²) >= 11 is 1.42. The average Bonchev–Trinajstić information content (AvgIpc) is 2.88. The van der Waals surface area contributed by atoms with Gasteiger partial charge in [0.1, 0.15) is 0 Å². The van der Waals surface area contributed by atoms with Crippen molar-refractivity contribution in [3.05, 3.63) is 83.4 Å². The zero-order chi connectivity index (χ0) is 22.0. The first-order chi connectivity index (χ1) is 15.0. The van der Waals surface area contributed by atoms with E-state index in [1.807, 2.05) is 18.2 Å². The van der Waals surface area contributed by atoms with Crippen molar-refractivity contribution in [2.75, 3.05) is 30.5 Å². The zero-order valence-electron chi connectivity index (χ0n) is 16.5. The lowest BCUT2D eigenvalue weighted by atomic mass is 10.1. The highest BCUT2D eigenvalue weighted by Gasteiger charge is 2.27. The van der Waals surface area contributed by atoms with Gasteiger partial charge in [-0.15, -0.1) is 0 Å². The molecule has 2 amide bonds. The van der Waals surface area contributed by atoms with Crippen molar-refractivity contribution in [2.45, 2.75) is 9.79 Å². The van der Waals surface area contributed by atoms with Crippen molar-refractivity contribution >= 4 is 35.0 Å². The zero-order valence-corrected chi connectivity index (χ0v) is 17.3. The average molecular weight is 440 g/mol. The van der Waals surface area contributed by atoms with Gasteiger partial charge in [-0.1, -0.05) is 23.9 Å². The quantitative estimate of drug-likeness (QED) is 0.608. The van der Waals surface area contributed by atoms with Crippen LogP contribution in [-0.2, 0) is 4.74 Å². The van der Waals surface area contributed by atoms with Crippen LogP contribution in [0.4, 0.5) is 20.2 Å². The Morgan fingerprint density at radius 3 is 2.61 bits per heavy atom. The summed E-state index contributed by atoms with van der Waals surface area (Å²) in [5.74, 6) is -2.80. The van der Waals surface area contributed by atoms with Gasteiger partial charge in [0.25, 0.3) is 11.8 Å². The summed E-state index contributed by atoms with van der Waals surface area (Å²) in [7, 11) is 1.57. The second-order valence-corrected chi connectivity index (χ2v) is 7.90. The Kier molecular flexibility index (Phi) is 6.01. The van der Waals surface area contributed by atoms with Crippen molar-refractivity contribution in [3.8, 4) is 0 Å². The fraction of sp³-hybridized carbons (Fsp3) is 0.130. The van der Waals surface area contributed by atoms with E-state index in [1.54, 1.807) is 36.3 Å². The highest BCUT2D eigenvalue weighted by Crippen LogP contribution is 2.42. The van der Waals surface area contributed by atoms with Crippen molar-refractivity contribution in [1.29, 1.82) is 0 Å². The van der Waals surface area contributed by atoms with E-state index in [2.05, 4.69) is 5.32 Å². The molecule has 3 aromatic rings. The van der Waals surface area contributed by atoms with Crippen LogP contribution in [0.2, 0.25) is 0 Å². The summed E-state index contributed by atoms with van der Waals surface area (Å²) in [5, 5.41) is 2.70. The lowest BCUT2D eigenvalue weighted by molar-refractivity contribution is 0.0972. The Labute approximate surface area is 182 Å². The van der Waals surface area contributed by atoms with Crippen molar-refractivity contribution in [2.24, 2.45) is 0 Å². The Hall–Kier alpha value is -3.23. The second kappa shape index (κ2) is 8.87. The van der Waals surface area contributed by atoms with Crippen LogP contribution in [0.3, 0.4) is 0 Å².